The molecular formula is C10H21NO4S. The van der Waals surface area contributed by atoms with Gasteiger partial charge in [-0.1, -0.05) is 13.3 Å². The third-order valence-corrected chi connectivity index (χ3v) is 3.73. The number of hydrogen-bond donors (Lipinski definition) is 1. The van der Waals surface area contributed by atoms with Gasteiger partial charge in [0.1, 0.15) is 5.75 Å². The molecular weight excluding hydrogens is 230 g/mol. The Kier molecular flexibility index (Phi) is 7.33. The molecule has 5 nitrogen and oxygen atoms in total. The van der Waals surface area contributed by atoms with Crippen LogP contribution in [0.15, 0.2) is 0 Å². The van der Waals surface area contributed by atoms with E-state index < -0.39 is 21.6 Å². The number of sulfone groups is 1. The van der Waals surface area contributed by atoms with Crippen LogP contribution < -0.4 is 5.32 Å². The molecule has 0 saturated carbocycles. The third kappa shape index (κ3) is 6.79. The van der Waals surface area contributed by atoms with E-state index in [0.29, 0.717) is 0 Å². The molecule has 0 fully saturated rings. The highest BCUT2D eigenvalue weighted by Gasteiger charge is 2.21. The summed E-state index contributed by atoms with van der Waals surface area (Å²) in [7, 11) is -1.65. The highest BCUT2D eigenvalue weighted by atomic mass is 32.2. The van der Waals surface area contributed by atoms with Gasteiger partial charge in [0.2, 0.25) is 0 Å². The molecule has 0 aliphatic rings. The molecule has 0 saturated heterocycles. The fourth-order valence-corrected chi connectivity index (χ4v) is 2.91. The Morgan fingerprint density at radius 2 is 2.00 bits per heavy atom. The van der Waals surface area contributed by atoms with E-state index in [2.05, 4.69) is 10.1 Å². The quantitative estimate of drug-likeness (QED) is 0.630. The van der Waals surface area contributed by atoms with E-state index in [1.54, 1.807) is 14.0 Å². The summed E-state index contributed by atoms with van der Waals surface area (Å²) >= 11 is 0. The summed E-state index contributed by atoms with van der Waals surface area (Å²) in [6.07, 6.45) is 1.68. The van der Waals surface area contributed by atoms with Gasteiger partial charge in [0.15, 0.2) is 9.84 Å². The number of carbonyl (C=O) groups excluding carboxylic acids is 1. The molecule has 0 aromatic rings. The van der Waals surface area contributed by atoms with Gasteiger partial charge in [-0.25, -0.2) is 8.42 Å². The normalized spacial score (nSPS) is 13.4. The van der Waals surface area contributed by atoms with Crippen LogP contribution in [0.2, 0.25) is 0 Å². The van der Waals surface area contributed by atoms with Crippen molar-refractivity contribution in [1.29, 1.82) is 0 Å². The zero-order chi connectivity index (χ0) is 12.6. The molecule has 0 spiro atoms. The largest absolute Gasteiger partial charge is 0.465 e. The van der Waals surface area contributed by atoms with Crippen LogP contribution in [0.4, 0.5) is 0 Å². The van der Waals surface area contributed by atoms with Crippen LogP contribution in [0.3, 0.4) is 0 Å². The molecule has 0 aromatic carbocycles. The Balaban J connectivity index is 4.27. The van der Waals surface area contributed by atoms with E-state index in [-0.39, 0.29) is 18.4 Å². The van der Waals surface area contributed by atoms with Crippen molar-refractivity contribution >= 4 is 15.8 Å². The molecule has 0 aromatic heterocycles. The Labute approximate surface area is 97.5 Å². The number of carbonyl (C=O) groups is 1. The summed E-state index contributed by atoms with van der Waals surface area (Å²) in [4.78, 5) is 11.1. The smallest absolute Gasteiger partial charge is 0.321 e. The second-order valence-electron chi connectivity index (χ2n) is 3.63. The molecule has 6 heteroatoms. The minimum absolute atomic E-state index is 0.0177. The molecule has 0 bridgehead atoms. The van der Waals surface area contributed by atoms with E-state index in [1.165, 1.54) is 0 Å². The van der Waals surface area contributed by atoms with Crippen molar-refractivity contribution < 1.29 is 17.9 Å². The van der Waals surface area contributed by atoms with Crippen molar-refractivity contribution in [3.63, 3.8) is 0 Å². The fourth-order valence-electron chi connectivity index (χ4n) is 1.41. The van der Waals surface area contributed by atoms with E-state index in [4.69, 9.17) is 0 Å². The third-order valence-electron chi connectivity index (χ3n) is 2.14. The molecule has 1 unspecified atom stereocenters. The summed E-state index contributed by atoms with van der Waals surface area (Å²) < 4.78 is 27.9. The van der Waals surface area contributed by atoms with Gasteiger partial charge in [0.05, 0.1) is 12.4 Å². The molecule has 1 atom stereocenters. The van der Waals surface area contributed by atoms with Crippen molar-refractivity contribution in [1.82, 2.24) is 5.32 Å². The second-order valence-corrected chi connectivity index (χ2v) is 5.74. The van der Waals surface area contributed by atoms with Crippen molar-refractivity contribution in [3.8, 4) is 0 Å². The molecule has 0 radical (unpaired) electrons. The highest BCUT2D eigenvalue weighted by Crippen LogP contribution is 2.02. The first-order valence-electron chi connectivity index (χ1n) is 5.48. The maximum Gasteiger partial charge on any atom is 0.321 e. The molecule has 1 N–H and O–H groups in total. The first-order chi connectivity index (χ1) is 7.45. The van der Waals surface area contributed by atoms with Gasteiger partial charge >= 0.3 is 5.97 Å². The van der Waals surface area contributed by atoms with Gasteiger partial charge in [-0.05, 0) is 20.4 Å². The molecule has 0 aliphatic heterocycles. The minimum Gasteiger partial charge on any atom is -0.465 e. The lowest BCUT2D eigenvalue weighted by molar-refractivity contribution is -0.139. The van der Waals surface area contributed by atoms with Crippen molar-refractivity contribution in [3.05, 3.63) is 0 Å². The number of rotatable bonds is 8. The van der Waals surface area contributed by atoms with Crippen molar-refractivity contribution in [2.24, 2.45) is 0 Å². The van der Waals surface area contributed by atoms with Gasteiger partial charge in [-0.15, -0.1) is 0 Å². The van der Waals surface area contributed by atoms with Gasteiger partial charge < -0.3 is 10.1 Å². The lowest BCUT2D eigenvalue weighted by Crippen LogP contribution is -2.35. The van der Waals surface area contributed by atoms with E-state index in [1.807, 2.05) is 6.92 Å². The van der Waals surface area contributed by atoms with Crippen LogP contribution in [-0.2, 0) is 19.4 Å². The average Bonchev–Trinajstić information content (AvgIpc) is 2.16. The van der Waals surface area contributed by atoms with Crippen LogP contribution in [0.5, 0.6) is 0 Å². The average molecular weight is 251 g/mol. The van der Waals surface area contributed by atoms with Crippen LogP contribution in [-0.4, -0.2) is 45.6 Å². The summed E-state index contributed by atoms with van der Waals surface area (Å²) in [6, 6.07) is -0.0931. The second kappa shape index (κ2) is 7.62. The predicted molar refractivity (Wildman–Crippen MR) is 63.0 cm³/mol. The molecule has 0 aliphatic carbocycles. The highest BCUT2D eigenvalue weighted by molar-refractivity contribution is 7.92. The summed E-state index contributed by atoms with van der Waals surface area (Å²) in [5.41, 5.74) is 0. The Bertz CT molecular complexity index is 300. The number of hydrogen-bond acceptors (Lipinski definition) is 5. The zero-order valence-electron chi connectivity index (χ0n) is 10.2. The number of nitrogens with one attached hydrogen (secondary N) is 1. The van der Waals surface area contributed by atoms with Gasteiger partial charge in [-0.3, -0.25) is 4.79 Å². The monoisotopic (exact) mass is 251 g/mol. The summed E-state index contributed by atoms with van der Waals surface area (Å²) in [6.45, 7) is 3.85. The van der Waals surface area contributed by atoms with Gasteiger partial charge in [0, 0.05) is 6.04 Å². The van der Waals surface area contributed by atoms with Crippen LogP contribution in [0.25, 0.3) is 0 Å². The number of ether oxygens (including phenoxy) is 1. The lowest BCUT2D eigenvalue weighted by atomic mass is 10.2. The van der Waals surface area contributed by atoms with E-state index >= 15 is 0 Å². The van der Waals surface area contributed by atoms with Gasteiger partial charge in [-0.2, -0.15) is 0 Å². The van der Waals surface area contributed by atoms with Crippen LogP contribution >= 0.6 is 0 Å². The van der Waals surface area contributed by atoms with E-state index in [0.717, 1.165) is 12.8 Å². The minimum atomic E-state index is -3.37. The lowest BCUT2D eigenvalue weighted by Gasteiger charge is -2.14. The predicted octanol–water partition coefficient (Wildman–Crippen LogP) is 0.352. The van der Waals surface area contributed by atoms with Crippen molar-refractivity contribution in [2.45, 2.75) is 32.7 Å². The van der Waals surface area contributed by atoms with Crippen LogP contribution in [0.1, 0.15) is 26.7 Å². The maximum absolute atomic E-state index is 11.6. The summed E-state index contributed by atoms with van der Waals surface area (Å²) in [5, 5.41) is 2.93. The summed E-state index contributed by atoms with van der Waals surface area (Å²) in [5.74, 6) is -1.22. The molecule has 0 amide bonds. The van der Waals surface area contributed by atoms with E-state index in [9.17, 15) is 13.2 Å². The van der Waals surface area contributed by atoms with Gasteiger partial charge in [0.25, 0.3) is 0 Å². The first kappa shape index (κ1) is 15.4. The molecule has 16 heavy (non-hydrogen) atoms. The Morgan fingerprint density at radius 1 is 1.38 bits per heavy atom. The molecule has 0 heterocycles. The molecule has 96 valence electrons. The topological polar surface area (TPSA) is 72.5 Å². The standard InChI is InChI=1S/C10H21NO4S/c1-4-6-9(11-3)7-16(13,14)8-10(12)15-5-2/h9,11H,4-8H2,1-3H3. The maximum atomic E-state index is 11.6. The van der Waals surface area contributed by atoms with Crippen LogP contribution in [0, 0.1) is 0 Å². The zero-order valence-corrected chi connectivity index (χ0v) is 11.0. The number of esters is 1. The fraction of sp³-hybridized carbons (Fsp3) is 0.900. The first-order valence-corrected chi connectivity index (χ1v) is 7.30. The SMILES string of the molecule is CCCC(CS(=O)(=O)CC(=O)OCC)NC. The Hall–Kier alpha value is -0.620. The Morgan fingerprint density at radius 3 is 2.44 bits per heavy atom. The molecule has 0 rings (SSSR count). The van der Waals surface area contributed by atoms with Crippen molar-refractivity contribution in [2.75, 3.05) is 25.2 Å².